The van der Waals surface area contributed by atoms with Crippen LogP contribution in [0.1, 0.15) is 5.69 Å². The number of imidazole rings is 1. The molecule has 0 atom stereocenters. The van der Waals surface area contributed by atoms with Crippen molar-refractivity contribution < 1.29 is 9.72 Å². The average Bonchev–Trinajstić information content (AvgIpc) is 2.82. The zero-order valence-corrected chi connectivity index (χ0v) is 10.8. The maximum absolute atomic E-state index is 11.4. The molecule has 0 N–H and O–H groups in total. The number of thioether (sulfide) groups is 1. The number of nitro groups is 1. The fraction of sp³-hybridized carbons (Fsp3) is 0.250. The normalized spacial score (nSPS) is 15.9. The molecule has 0 aliphatic carbocycles. The molecule has 1 saturated heterocycles. The van der Waals surface area contributed by atoms with Crippen molar-refractivity contribution in [3.8, 4) is 0 Å². The van der Waals surface area contributed by atoms with Crippen molar-refractivity contribution in [2.24, 2.45) is 12.1 Å². The highest BCUT2D eigenvalue weighted by atomic mass is 32.2. The number of hydrogen-bond acceptors (Lipinski definition) is 7. The Labute approximate surface area is 111 Å². The molecule has 2 rings (SSSR count). The van der Waals surface area contributed by atoms with Crippen molar-refractivity contribution in [2.45, 2.75) is 0 Å². The highest BCUT2D eigenvalue weighted by Crippen LogP contribution is 2.19. The smallest absolute Gasteiger partial charge is 0.390 e. The van der Waals surface area contributed by atoms with Gasteiger partial charge in [0.15, 0.2) is 10.0 Å². The lowest BCUT2D eigenvalue weighted by molar-refractivity contribution is -0.396. The van der Waals surface area contributed by atoms with Crippen LogP contribution in [0, 0.1) is 10.1 Å². The Kier molecular flexibility index (Phi) is 3.39. The molecular weight excluding hydrogens is 278 g/mol. The first-order valence-electron chi connectivity index (χ1n) is 4.70. The molecule has 0 unspecified atom stereocenters. The first-order valence-corrected chi connectivity index (χ1v) is 6.10. The molecule has 0 bridgehead atoms. The lowest BCUT2D eigenvalue weighted by Crippen LogP contribution is -2.22. The zero-order valence-electron chi connectivity index (χ0n) is 9.14. The first-order chi connectivity index (χ1) is 8.50. The van der Waals surface area contributed by atoms with Crippen molar-refractivity contribution >= 4 is 46.4 Å². The average molecular weight is 285 g/mol. The van der Waals surface area contributed by atoms with Crippen molar-refractivity contribution in [1.29, 1.82) is 0 Å². The summed E-state index contributed by atoms with van der Waals surface area (Å²) in [6, 6.07) is 0. The highest BCUT2D eigenvalue weighted by Gasteiger charge is 2.26. The quantitative estimate of drug-likeness (QED) is 0.348. The van der Waals surface area contributed by atoms with Gasteiger partial charge in [-0.25, -0.2) is 4.57 Å². The summed E-state index contributed by atoms with van der Waals surface area (Å²) in [5.41, 5.74) is 0.411. The maximum Gasteiger partial charge on any atom is 0.434 e. The number of rotatable bonds is 3. The SMILES string of the molecule is Cn1c(/C=N/N2C(=O)CSC2=S)cnc1[N+](=O)[O-]. The Morgan fingerprint density at radius 2 is 2.44 bits per heavy atom. The molecule has 1 amide bonds. The largest absolute Gasteiger partial charge is 0.434 e. The van der Waals surface area contributed by atoms with E-state index in [1.54, 1.807) is 0 Å². The molecule has 1 aromatic heterocycles. The van der Waals surface area contributed by atoms with E-state index in [2.05, 4.69) is 10.1 Å². The molecule has 0 spiro atoms. The monoisotopic (exact) mass is 285 g/mol. The fourth-order valence-corrected chi connectivity index (χ4v) is 2.24. The third-order valence-electron chi connectivity index (χ3n) is 2.20. The summed E-state index contributed by atoms with van der Waals surface area (Å²) in [4.78, 5) is 25.0. The molecule has 0 aromatic carbocycles. The summed E-state index contributed by atoms with van der Waals surface area (Å²) in [6.45, 7) is 0. The molecule has 2 heterocycles. The second-order valence-corrected chi connectivity index (χ2v) is 4.91. The molecule has 0 saturated carbocycles. The van der Waals surface area contributed by atoms with Crippen LogP contribution in [0.4, 0.5) is 5.95 Å². The van der Waals surface area contributed by atoms with Gasteiger partial charge in [0.2, 0.25) is 0 Å². The first kappa shape index (κ1) is 12.6. The van der Waals surface area contributed by atoms with Crippen LogP contribution in [0.2, 0.25) is 0 Å². The van der Waals surface area contributed by atoms with E-state index in [1.165, 1.54) is 35.8 Å². The molecule has 8 nitrogen and oxygen atoms in total. The van der Waals surface area contributed by atoms with E-state index in [9.17, 15) is 14.9 Å². The van der Waals surface area contributed by atoms with Gasteiger partial charge in [-0.15, -0.1) is 0 Å². The zero-order chi connectivity index (χ0) is 13.3. The Balaban J connectivity index is 2.22. The predicted molar refractivity (Wildman–Crippen MR) is 69.4 cm³/mol. The van der Waals surface area contributed by atoms with E-state index in [0.717, 1.165) is 5.01 Å². The van der Waals surface area contributed by atoms with E-state index in [0.29, 0.717) is 10.0 Å². The summed E-state index contributed by atoms with van der Waals surface area (Å²) in [5, 5.41) is 15.6. The number of amides is 1. The van der Waals surface area contributed by atoms with Gasteiger partial charge < -0.3 is 10.1 Å². The molecule has 18 heavy (non-hydrogen) atoms. The van der Waals surface area contributed by atoms with Gasteiger partial charge in [-0.05, 0) is 4.92 Å². The number of carbonyl (C=O) groups excluding carboxylic acids is 1. The second kappa shape index (κ2) is 4.82. The van der Waals surface area contributed by atoms with Crippen LogP contribution < -0.4 is 0 Å². The Bertz CT molecular complexity index is 551. The lowest BCUT2D eigenvalue weighted by Gasteiger charge is -2.05. The van der Waals surface area contributed by atoms with E-state index in [-0.39, 0.29) is 17.6 Å². The van der Waals surface area contributed by atoms with Gasteiger partial charge in [0.25, 0.3) is 5.91 Å². The predicted octanol–water partition coefficient (Wildman–Crippen LogP) is 0.522. The van der Waals surface area contributed by atoms with Gasteiger partial charge in [-0.1, -0.05) is 29.0 Å². The molecule has 0 radical (unpaired) electrons. The molecule has 1 aliphatic heterocycles. The second-order valence-electron chi connectivity index (χ2n) is 3.30. The number of nitrogens with zero attached hydrogens (tertiary/aromatic N) is 5. The summed E-state index contributed by atoms with van der Waals surface area (Å²) in [5.74, 6) is -0.235. The topological polar surface area (TPSA) is 93.6 Å². The number of aromatic nitrogens is 2. The Morgan fingerprint density at radius 3 is 2.94 bits per heavy atom. The summed E-state index contributed by atoms with van der Waals surface area (Å²) >= 11 is 6.16. The van der Waals surface area contributed by atoms with Crippen LogP contribution >= 0.6 is 24.0 Å². The van der Waals surface area contributed by atoms with Gasteiger partial charge in [0.1, 0.15) is 6.20 Å². The summed E-state index contributed by atoms with van der Waals surface area (Å²) in [6.07, 6.45) is 2.62. The standard InChI is InChI=1S/C8H7N5O3S2/c1-11-5(2-9-7(11)13(15)16)3-10-12-6(14)4-18-8(12)17/h2-3H,4H2,1H3/b10-3+. The summed E-state index contributed by atoms with van der Waals surface area (Å²) < 4.78 is 1.63. The van der Waals surface area contributed by atoms with Crippen LogP contribution in [-0.2, 0) is 11.8 Å². The highest BCUT2D eigenvalue weighted by molar-refractivity contribution is 8.23. The minimum Gasteiger partial charge on any atom is -0.390 e. The van der Waals surface area contributed by atoms with Crippen LogP contribution in [0.3, 0.4) is 0 Å². The van der Waals surface area contributed by atoms with Crippen LogP contribution in [0.5, 0.6) is 0 Å². The Hall–Kier alpha value is -1.81. The minimum absolute atomic E-state index is 0.210. The van der Waals surface area contributed by atoms with Gasteiger partial charge in [-0.2, -0.15) is 10.1 Å². The number of hydrogen-bond donors (Lipinski definition) is 0. The number of thiocarbonyl (C=S) groups is 1. The van der Waals surface area contributed by atoms with Crippen LogP contribution in [-0.4, -0.2) is 41.7 Å². The third-order valence-corrected chi connectivity index (χ3v) is 3.53. The minimum atomic E-state index is -0.598. The van der Waals surface area contributed by atoms with Crippen molar-refractivity contribution in [3.05, 3.63) is 22.0 Å². The molecular formula is C8H7N5O3S2. The maximum atomic E-state index is 11.4. The molecule has 1 aromatic rings. The van der Waals surface area contributed by atoms with Crippen LogP contribution in [0.25, 0.3) is 0 Å². The molecule has 94 valence electrons. The van der Waals surface area contributed by atoms with Crippen LogP contribution in [0.15, 0.2) is 11.3 Å². The van der Waals surface area contributed by atoms with E-state index >= 15 is 0 Å². The van der Waals surface area contributed by atoms with Gasteiger partial charge >= 0.3 is 5.95 Å². The van der Waals surface area contributed by atoms with Gasteiger partial charge in [-0.3, -0.25) is 4.79 Å². The van der Waals surface area contributed by atoms with E-state index in [1.807, 2.05) is 0 Å². The third kappa shape index (κ3) is 2.24. The molecule has 1 fully saturated rings. The van der Waals surface area contributed by atoms with Gasteiger partial charge in [0, 0.05) is 0 Å². The number of carbonyl (C=O) groups is 1. The van der Waals surface area contributed by atoms with Gasteiger partial charge in [0.05, 0.1) is 19.0 Å². The van der Waals surface area contributed by atoms with Crippen molar-refractivity contribution in [2.75, 3.05) is 5.75 Å². The summed E-state index contributed by atoms with van der Waals surface area (Å²) in [7, 11) is 1.49. The molecule has 10 heteroatoms. The van der Waals surface area contributed by atoms with Crippen molar-refractivity contribution in [3.63, 3.8) is 0 Å². The number of hydrazone groups is 1. The molecule has 1 aliphatic rings. The Morgan fingerprint density at radius 1 is 1.72 bits per heavy atom. The van der Waals surface area contributed by atoms with E-state index in [4.69, 9.17) is 12.2 Å². The lowest BCUT2D eigenvalue weighted by atomic mass is 10.5. The van der Waals surface area contributed by atoms with E-state index < -0.39 is 4.92 Å². The van der Waals surface area contributed by atoms with Crippen molar-refractivity contribution in [1.82, 2.24) is 14.6 Å². The fourth-order valence-electron chi connectivity index (χ4n) is 1.28.